The maximum atomic E-state index is 5.55. The number of piperidine rings is 1. The van der Waals surface area contributed by atoms with Gasteiger partial charge >= 0.3 is 0 Å². The van der Waals surface area contributed by atoms with E-state index < -0.39 is 0 Å². The number of furan rings is 1. The molecule has 1 saturated heterocycles. The summed E-state index contributed by atoms with van der Waals surface area (Å²) in [4.78, 5) is 2.42. The highest BCUT2D eigenvalue weighted by Gasteiger charge is 2.16. The number of rotatable bonds is 5. The van der Waals surface area contributed by atoms with Gasteiger partial charge in [0, 0.05) is 0 Å². The van der Waals surface area contributed by atoms with E-state index in [9.17, 15) is 0 Å². The van der Waals surface area contributed by atoms with Crippen LogP contribution in [0.3, 0.4) is 0 Å². The Morgan fingerprint density at radius 2 is 2.17 bits per heavy atom. The van der Waals surface area contributed by atoms with Crippen molar-refractivity contribution in [1.82, 2.24) is 10.2 Å². The lowest BCUT2D eigenvalue weighted by Crippen LogP contribution is -2.32. The molecule has 1 unspecified atom stereocenters. The van der Waals surface area contributed by atoms with E-state index in [1.165, 1.54) is 32.4 Å². The van der Waals surface area contributed by atoms with Crippen LogP contribution in [0.25, 0.3) is 0 Å². The molecule has 1 aliphatic heterocycles. The molecule has 1 fully saturated rings. The van der Waals surface area contributed by atoms with E-state index in [0.717, 1.165) is 22.9 Å². The fraction of sp³-hybridized carbons (Fsp3) is 0.714. The van der Waals surface area contributed by atoms with E-state index in [2.05, 4.69) is 40.1 Å². The minimum atomic E-state index is 0.294. The summed E-state index contributed by atoms with van der Waals surface area (Å²) in [7, 11) is 2.21. The minimum Gasteiger partial charge on any atom is -0.453 e. The Balaban J connectivity index is 1.66. The summed E-state index contributed by atoms with van der Waals surface area (Å²) >= 11 is 3.34. The normalized spacial score (nSPS) is 20.2. The lowest BCUT2D eigenvalue weighted by Gasteiger charge is -2.29. The summed E-state index contributed by atoms with van der Waals surface area (Å²) < 4.78 is 6.36. The summed E-state index contributed by atoms with van der Waals surface area (Å²) in [5.74, 6) is 1.90. The zero-order valence-electron chi connectivity index (χ0n) is 11.3. The highest BCUT2D eigenvalue weighted by Crippen LogP contribution is 2.21. The molecular weight excluding hydrogens is 292 g/mol. The van der Waals surface area contributed by atoms with Gasteiger partial charge in [0.05, 0.1) is 6.04 Å². The molecule has 0 saturated carbocycles. The molecule has 1 aromatic heterocycles. The van der Waals surface area contributed by atoms with Crippen LogP contribution in [0.2, 0.25) is 0 Å². The lowest BCUT2D eigenvalue weighted by molar-refractivity contribution is 0.210. The molecule has 4 heteroatoms. The Morgan fingerprint density at radius 3 is 2.78 bits per heavy atom. The average molecular weight is 315 g/mol. The molecule has 3 nitrogen and oxygen atoms in total. The van der Waals surface area contributed by atoms with E-state index in [4.69, 9.17) is 4.42 Å². The molecule has 0 bridgehead atoms. The van der Waals surface area contributed by atoms with Gasteiger partial charge in [-0.3, -0.25) is 0 Å². The van der Waals surface area contributed by atoms with Crippen LogP contribution < -0.4 is 5.32 Å². The summed E-state index contributed by atoms with van der Waals surface area (Å²) in [6, 6.07) is 4.27. The molecule has 1 aromatic rings. The van der Waals surface area contributed by atoms with Crippen molar-refractivity contribution < 1.29 is 4.42 Å². The fourth-order valence-electron chi connectivity index (χ4n) is 2.52. The quantitative estimate of drug-likeness (QED) is 0.902. The predicted octanol–water partition coefficient (Wildman–Crippen LogP) is 3.42. The van der Waals surface area contributed by atoms with Crippen LogP contribution >= 0.6 is 15.9 Å². The smallest absolute Gasteiger partial charge is 0.169 e. The van der Waals surface area contributed by atoms with Crippen LogP contribution in [0.15, 0.2) is 21.2 Å². The van der Waals surface area contributed by atoms with Crippen LogP contribution in [-0.2, 0) is 0 Å². The van der Waals surface area contributed by atoms with Crippen LogP contribution in [0.5, 0.6) is 0 Å². The third-order valence-electron chi connectivity index (χ3n) is 3.86. The number of hydrogen-bond donors (Lipinski definition) is 1. The fourth-order valence-corrected chi connectivity index (χ4v) is 2.84. The first-order valence-corrected chi connectivity index (χ1v) is 7.61. The van der Waals surface area contributed by atoms with Gasteiger partial charge in [0.15, 0.2) is 4.67 Å². The van der Waals surface area contributed by atoms with E-state index in [-0.39, 0.29) is 0 Å². The number of hydrogen-bond acceptors (Lipinski definition) is 3. The van der Waals surface area contributed by atoms with E-state index >= 15 is 0 Å². The standard InChI is InChI=1S/C14H23BrN2O/c1-11(13-3-4-14(15)18-13)16-8-5-12-6-9-17(2)10-7-12/h3-4,11-12,16H,5-10H2,1-2H3. The van der Waals surface area contributed by atoms with Gasteiger partial charge in [-0.15, -0.1) is 0 Å². The van der Waals surface area contributed by atoms with Crippen molar-refractivity contribution in [2.75, 3.05) is 26.7 Å². The Labute approximate surface area is 118 Å². The van der Waals surface area contributed by atoms with Crippen molar-refractivity contribution in [3.63, 3.8) is 0 Å². The zero-order chi connectivity index (χ0) is 13.0. The molecule has 1 atom stereocenters. The molecular formula is C14H23BrN2O. The summed E-state index contributed by atoms with van der Waals surface area (Å²) in [6.45, 7) is 5.74. The monoisotopic (exact) mass is 314 g/mol. The van der Waals surface area contributed by atoms with Gasteiger partial charge in [-0.05, 0) is 86.8 Å². The van der Waals surface area contributed by atoms with E-state index in [0.29, 0.717) is 6.04 Å². The van der Waals surface area contributed by atoms with Gasteiger partial charge in [0.1, 0.15) is 5.76 Å². The van der Waals surface area contributed by atoms with Gasteiger partial charge in [-0.1, -0.05) is 0 Å². The lowest BCUT2D eigenvalue weighted by atomic mass is 9.94. The maximum absolute atomic E-state index is 5.55. The van der Waals surface area contributed by atoms with E-state index in [1.807, 2.05) is 12.1 Å². The van der Waals surface area contributed by atoms with E-state index in [1.54, 1.807) is 0 Å². The third-order valence-corrected chi connectivity index (χ3v) is 4.29. The molecule has 2 heterocycles. The van der Waals surface area contributed by atoms with Crippen LogP contribution in [0, 0.1) is 5.92 Å². The van der Waals surface area contributed by atoms with Gasteiger partial charge in [0.2, 0.25) is 0 Å². The van der Waals surface area contributed by atoms with Crippen LogP contribution in [0.4, 0.5) is 0 Å². The molecule has 1 N–H and O–H groups in total. The zero-order valence-corrected chi connectivity index (χ0v) is 12.9. The number of nitrogens with one attached hydrogen (secondary N) is 1. The number of halogens is 1. The highest BCUT2D eigenvalue weighted by molar-refractivity contribution is 9.10. The van der Waals surface area contributed by atoms with Crippen molar-refractivity contribution in [1.29, 1.82) is 0 Å². The Bertz CT molecular complexity index is 358. The molecule has 0 amide bonds. The van der Waals surface area contributed by atoms with Crippen molar-refractivity contribution in [2.45, 2.75) is 32.2 Å². The van der Waals surface area contributed by atoms with Crippen LogP contribution in [0.1, 0.15) is 38.0 Å². The van der Waals surface area contributed by atoms with Gasteiger partial charge in [0.25, 0.3) is 0 Å². The van der Waals surface area contributed by atoms with Gasteiger partial charge < -0.3 is 14.6 Å². The van der Waals surface area contributed by atoms with Gasteiger partial charge in [-0.2, -0.15) is 0 Å². The van der Waals surface area contributed by atoms with Crippen LogP contribution in [-0.4, -0.2) is 31.6 Å². The molecule has 18 heavy (non-hydrogen) atoms. The van der Waals surface area contributed by atoms with Crippen molar-refractivity contribution >= 4 is 15.9 Å². The molecule has 1 aliphatic rings. The first-order valence-electron chi connectivity index (χ1n) is 6.82. The average Bonchev–Trinajstić information content (AvgIpc) is 2.78. The van der Waals surface area contributed by atoms with Crippen molar-refractivity contribution in [3.8, 4) is 0 Å². The third kappa shape index (κ3) is 4.11. The highest BCUT2D eigenvalue weighted by atomic mass is 79.9. The molecule has 0 aliphatic carbocycles. The summed E-state index contributed by atoms with van der Waals surface area (Å²) in [6.07, 6.45) is 3.97. The molecule has 2 rings (SSSR count). The second-order valence-electron chi connectivity index (χ2n) is 5.35. The second-order valence-corrected chi connectivity index (χ2v) is 6.13. The largest absolute Gasteiger partial charge is 0.453 e. The topological polar surface area (TPSA) is 28.4 Å². The van der Waals surface area contributed by atoms with Crippen molar-refractivity contribution in [3.05, 3.63) is 22.6 Å². The first kappa shape index (κ1) is 14.1. The number of likely N-dealkylation sites (tertiary alicyclic amines) is 1. The Hall–Kier alpha value is -0.320. The van der Waals surface area contributed by atoms with Crippen molar-refractivity contribution in [2.24, 2.45) is 5.92 Å². The maximum Gasteiger partial charge on any atom is 0.169 e. The Morgan fingerprint density at radius 1 is 1.44 bits per heavy atom. The number of nitrogens with zero attached hydrogens (tertiary/aromatic N) is 1. The predicted molar refractivity (Wildman–Crippen MR) is 77.7 cm³/mol. The minimum absolute atomic E-state index is 0.294. The summed E-state index contributed by atoms with van der Waals surface area (Å²) in [5, 5.41) is 3.54. The molecule has 102 valence electrons. The molecule has 0 aromatic carbocycles. The first-order chi connectivity index (χ1) is 8.65. The second kappa shape index (κ2) is 6.73. The van der Waals surface area contributed by atoms with Gasteiger partial charge in [-0.25, -0.2) is 0 Å². The molecule has 0 radical (unpaired) electrons. The summed E-state index contributed by atoms with van der Waals surface area (Å²) in [5.41, 5.74) is 0. The molecule has 0 spiro atoms. The Kier molecular flexibility index (Phi) is 5.27. The SMILES string of the molecule is CC(NCCC1CCN(C)CC1)c1ccc(Br)o1.